The Hall–Kier alpha value is -1.12. The van der Waals surface area contributed by atoms with E-state index >= 15 is 0 Å². The third-order valence-electron chi connectivity index (χ3n) is 2.80. The molecule has 2 aromatic carbocycles. The van der Waals surface area contributed by atoms with Crippen LogP contribution in [0.2, 0.25) is 5.02 Å². The van der Waals surface area contributed by atoms with Gasteiger partial charge in [-0.05, 0) is 30.2 Å². The van der Waals surface area contributed by atoms with Crippen molar-refractivity contribution in [3.8, 4) is 0 Å². The fraction of sp³-hybridized carbons (Fsp3) is 0.133. The molecule has 0 radical (unpaired) electrons. The summed E-state index contributed by atoms with van der Waals surface area (Å²) in [5.74, 6) is 0.0730. The number of Topliss-reactive ketones (excluding diaryl/α,β-unsaturated/α-hetero) is 1. The fourth-order valence-electron chi connectivity index (χ4n) is 1.68. The van der Waals surface area contributed by atoms with Crippen LogP contribution in [0.4, 0.5) is 0 Å². The number of ketones is 1. The molecule has 0 spiro atoms. The highest BCUT2D eigenvalue weighted by Gasteiger charge is 2.10. The number of halogens is 2. The molecule has 0 unspecified atom stereocenters. The van der Waals surface area contributed by atoms with Crippen molar-refractivity contribution in [2.45, 2.75) is 13.3 Å². The highest BCUT2D eigenvalue weighted by Crippen LogP contribution is 2.21. The smallest absolute Gasteiger partial charge is 0.167 e. The molecule has 1 nitrogen and oxygen atoms in total. The van der Waals surface area contributed by atoms with E-state index in [2.05, 4.69) is 15.9 Å². The Bertz CT molecular complexity index is 593. The van der Waals surface area contributed by atoms with Crippen molar-refractivity contribution in [1.29, 1.82) is 0 Å². The van der Waals surface area contributed by atoms with Gasteiger partial charge in [0, 0.05) is 21.5 Å². The second-order valence-corrected chi connectivity index (χ2v) is 5.42. The summed E-state index contributed by atoms with van der Waals surface area (Å²) in [5, 5.41) is 0.636. The van der Waals surface area contributed by atoms with Crippen LogP contribution in [-0.4, -0.2) is 5.78 Å². The summed E-state index contributed by atoms with van der Waals surface area (Å²) in [6, 6.07) is 13.1. The molecule has 18 heavy (non-hydrogen) atoms. The first-order valence-electron chi connectivity index (χ1n) is 5.60. The molecular weight excluding hydrogens is 312 g/mol. The summed E-state index contributed by atoms with van der Waals surface area (Å²) < 4.78 is 0.951. The number of carbonyl (C=O) groups excluding carboxylic acids is 1. The van der Waals surface area contributed by atoms with E-state index in [1.54, 1.807) is 6.07 Å². The molecule has 0 atom stereocenters. The second kappa shape index (κ2) is 5.68. The van der Waals surface area contributed by atoms with Gasteiger partial charge in [0.15, 0.2) is 5.78 Å². The first-order valence-corrected chi connectivity index (χ1v) is 6.78. The lowest BCUT2D eigenvalue weighted by atomic mass is 10.0. The van der Waals surface area contributed by atoms with Gasteiger partial charge >= 0.3 is 0 Å². The fourth-order valence-corrected chi connectivity index (χ4v) is 2.26. The van der Waals surface area contributed by atoms with Crippen molar-refractivity contribution in [2.24, 2.45) is 0 Å². The Balaban J connectivity index is 2.22. The standard InChI is InChI=1S/C15H12BrClO/c1-10-6-7-12(8-13(10)16)15(18)9-11-4-2-3-5-14(11)17/h2-8H,9H2,1H3. The molecule has 2 aromatic rings. The molecule has 0 N–H and O–H groups in total. The molecule has 0 amide bonds. The number of benzene rings is 2. The van der Waals surface area contributed by atoms with Crippen molar-refractivity contribution < 1.29 is 4.79 Å². The predicted molar refractivity (Wildman–Crippen MR) is 78.4 cm³/mol. The number of rotatable bonds is 3. The Kier molecular flexibility index (Phi) is 4.20. The number of carbonyl (C=O) groups is 1. The molecule has 0 fully saturated rings. The highest BCUT2D eigenvalue weighted by atomic mass is 79.9. The van der Waals surface area contributed by atoms with Crippen LogP contribution in [0.25, 0.3) is 0 Å². The lowest BCUT2D eigenvalue weighted by molar-refractivity contribution is 0.0993. The minimum atomic E-state index is 0.0730. The van der Waals surface area contributed by atoms with E-state index in [1.165, 1.54) is 0 Å². The summed E-state index contributed by atoms with van der Waals surface area (Å²) in [5.41, 5.74) is 2.68. The zero-order valence-corrected chi connectivity index (χ0v) is 12.3. The summed E-state index contributed by atoms with van der Waals surface area (Å²) in [7, 11) is 0. The van der Waals surface area contributed by atoms with Crippen molar-refractivity contribution in [3.63, 3.8) is 0 Å². The van der Waals surface area contributed by atoms with Crippen molar-refractivity contribution in [1.82, 2.24) is 0 Å². The molecule has 0 aromatic heterocycles. The van der Waals surface area contributed by atoms with Crippen LogP contribution in [0.15, 0.2) is 46.9 Å². The first kappa shape index (κ1) is 13.3. The largest absolute Gasteiger partial charge is 0.294 e. The van der Waals surface area contributed by atoms with Crippen LogP contribution >= 0.6 is 27.5 Å². The summed E-state index contributed by atoms with van der Waals surface area (Å²) in [6.07, 6.45) is 0.329. The Morgan fingerprint density at radius 3 is 2.61 bits per heavy atom. The zero-order valence-electron chi connectivity index (χ0n) is 9.91. The normalized spacial score (nSPS) is 10.4. The maximum atomic E-state index is 12.2. The molecule has 92 valence electrons. The van der Waals surface area contributed by atoms with E-state index in [0.29, 0.717) is 17.0 Å². The average Bonchev–Trinajstić information content (AvgIpc) is 2.35. The lowest BCUT2D eigenvalue weighted by Gasteiger charge is -2.05. The molecule has 0 saturated heterocycles. The maximum absolute atomic E-state index is 12.2. The van der Waals surface area contributed by atoms with E-state index < -0.39 is 0 Å². The van der Waals surface area contributed by atoms with E-state index in [-0.39, 0.29) is 5.78 Å². The quantitative estimate of drug-likeness (QED) is 0.739. The van der Waals surface area contributed by atoms with Gasteiger partial charge in [-0.25, -0.2) is 0 Å². The van der Waals surface area contributed by atoms with Gasteiger partial charge in [0.25, 0.3) is 0 Å². The van der Waals surface area contributed by atoms with Crippen molar-refractivity contribution in [3.05, 3.63) is 68.7 Å². The summed E-state index contributed by atoms with van der Waals surface area (Å²) in [6.45, 7) is 1.99. The van der Waals surface area contributed by atoms with Crippen LogP contribution in [-0.2, 0) is 6.42 Å². The minimum Gasteiger partial charge on any atom is -0.294 e. The average molecular weight is 324 g/mol. The molecule has 0 aliphatic rings. The van der Waals surface area contributed by atoms with Crippen LogP contribution in [0.3, 0.4) is 0 Å². The van der Waals surface area contributed by atoms with Gasteiger partial charge < -0.3 is 0 Å². The number of hydrogen-bond donors (Lipinski definition) is 0. The van der Waals surface area contributed by atoms with Gasteiger partial charge in [0.1, 0.15) is 0 Å². The van der Waals surface area contributed by atoms with Gasteiger partial charge in [-0.1, -0.05) is 57.9 Å². The third kappa shape index (κ3) is 3.01. The van der Waals surface area contributed by atoms with Crippen LogP contribution in [0.1, 0.15) is 21.5 Å². The molecule has 0 saturated carbocycles. The molecule has 2 rings (SSSR count). The zero-order chi connectivity index (χ0) is 13.1. The second-order valence-electron chi connectivity index (χ2n) is 4.16. The van der Waals surface area contributed by atoms with Crippen LogP contribution in [0, 0.1) is 6.92 Å². The third-order valence-corrected chi connectivity index (χ3v) is 4.03. The summed E-state index contributed by atoms with van der Waals surface area (Å²) >= 11 is 9.49. The van der Waals surface area contributed by atoms with Gasteiger partial charge in [-0.15, -0.1) is 0 Å². The molecule has 0 bridgehead atoms. The van der Waals surface area contributed by atoms with Crippen molar-refractivity contribution in [2.75, 3.05) is 0 Å². The Labute approximate surface area is 120 Å². The Morgan fingerprint density at radius 2 is 1.94 bits per heavy atom. The van der Waals surface area contributed by atoms with Gasteiger partial charge in [-0.2, -0.15) is 0 Å². The molecule has 0 heterocycles. The van der Waals surface area contributed by atoms with E-state index in [0.717, 1.165) is 15.6 Å². The lowest BCUT2D eigenvalue weighted by Crippen LogP contribution is -2.04. The number of aryl methyl sites for hydroxylation is 1. The molecule has 0 aliphatic carbocycles. The molecule has 3 heteroatoms. The topological polar surface area (TPSA) is 17.1 Å². The highest BCUT2D eigenvalue weighted by molar-refractivity contribution is 9.10. The SMILES string of the molecule is Cc1ccc(C(=O)Cc2ccccc2Cl)cc1Br. The van der Waals surface area contributed by atoms with E-state index in [1.807, 2.05) is 43.3 Å². The van der Waals surface area contributed by atoms with E-state index in [4.69, 9.17) is 11.6 Å². The molecular formula is C15H12BrClO. The molecule has 0 aliphatic heterocycles. The van der Waals surface area contributed by atoms with E-state index in [9.17, 15) is 4.79 Å². The van der Waals surface area contributed by atoms with Gasteiger partial charge in [0.05, 0.1) is 0 Å². The van der Waals surface area contributed by atoms with Gasteiger partial charge in [0.2, 0.25) is 0 Å². The maximum Gasteiger partial charge on any atom is 0.167 e. The first-order chi connectivity index (χ1) is 8.58. The predicted octanol–water partition coefficient (Wildman–Crippen LogP) is 4.84. The Morgan fingerprint density at radius 1 is 1.22 bits per heavy atom. The number of hydrogen-bond acceptors (Lipinski definition) is 1. The van der Waals surface area contributed by atoms with Crippen LogP contribution in [0.5, 0.6) is 0 Å². The van der Waals surface area contributed by atoms with Crippen molar-refractivity contribution >= 4 is 33.3 Å². The summed E-state index contributed by atoms with van der Waals surface area (Å²) in [4.78, 5) is 12.2. The van der Waals surface area contributed by atoms with Crippen LogP contribution < -0.4 is 0 Å². The minimum absolute atomic E-state index is 0.0730. The van der Waals surface area contributed by atoms with Gasteiger partial charge in [-0.3, -0.25) is 4.79 Å². The monoisotopic (exact) mass is 322 g/mol.